The molecule has 0 fully saturated rings. The number of benzene rings is 9. The maximum atomic E-state index is 6.78. The highest BCUT2D eigenvalue weighted by Gasteiger charge is 2.20. The van der Waals surface area contributed by atoms with Crippen LogP contribution in [0, 0.1) is 0 Å². The molecule has 0 unspecified atom stereocenters. The van der Waals surface area contributed by atoms with Crippen molar-refractivity contribution in [2.45, 2.75) is 0 Å². The van der Waals surface area contributed by atoms with E-state index in [0.29, 0.717) is 17.5 Å². The van der Waals surface area contributed by atoms with E-state index in [1.54, 1.807) is 0 Å². The molecule has 3 heterocycles. The molecule has 0 aliphatic carbocycles. The van der Waals surface area contributed by atoms with Gasteiger partial charge in [0.05, 0.1) is 0 Å². The summed E-state index contributed by atoms with van der Waals surface area (Å²) in [6.45, 7) is 0. The molecular weight excluding hydrogens is 711 g/mol. The SMILES string of the molecule is c1ccc(-c2nc(-c3cccc(-c4cccc5oc6c(-c7cccc8oc9ccccc9c78)cccc6c45)c3)nc(-c3ccc4ccc5ccccc5c4c3)n2)cc1. The summed E-state index contributed by atoms with van der Waals surface area (Å²) >= 11 is 0. The molecule has 270 valence electrons. The molecule has 5 nitrogen and oxygen atoms in total. The van der Waals surface area contributed by atoms with Gasteiger partial charge in [-0.3, -0.25) is 0 Å². The van der Waals surface area contributed by atoms with Gasteiger partial charge in [-0.2, -0.15) is 0 Å². The number of hydrogen-bond acceptors (Lipinski definition) is 5. The Hall–Kier alpha value is -7.89. The van der Waals surface area contributed by atoms with Crippen LogP contribution in [0.2, 0.25) is 0 Å². The molecule has 0 spiro atoms. The molecule has 0 aliphatic rings. The topological polar surface area (TPSA) is 65.0 Å². The van der Waals surface area contributed by atoms with Crippen LogP contribution < -0.4 is 0 Å². The summed E-state index contributed by atoms with van der Waals surface area (Å²) in [5, 5.41) is 9.03. The summed E-state index contributed by atoms with van der Waals surface area (Å²) in [5.74, 6) is 1.86. The third-order valence-electron chi connectivity index (χ3n) is 11.3. The lowest BCUT2D eigenvalue weighted by atomic mass is 9.95. The minimum atomic E-state index is 0.607. The van der Waals surface area contributed by atoms with Crippen molar-refractivity contribution in [1.82, 2.24) is 15.0 Å². The van der Waals surface area contributed by atoms with Gasteiger partial charge in [-0.25, -0.2) is 15.0 Å². The first-order valence-electron chi connectivity index (χ1n) is 19.4. The van der Waals surface area contributed by atoms with E-state index in [4.69, 9.17) is 23.8 Å². The van der Waals surface area contributed by atoms with E-state index in [0.717, 1.165) is 82.8 Å². The van der Waals surface area contributed by atoms with Crippen molar-refractivity contribution in [2.24, 2.45) is 0 Å². The summed E-state index contributed by atoms with van der Waals surface area (Å²) in [6.07, 6.45) is 0. The standard InChI is InChI=1S/C53H31N3O2/c1-2-13-34(14-3-1)51-54-52(56-53(55-51)37-29-28-33-27-26-32-12-4-5-17-38(32)44(33)31-37)36-16-8-15-35(30-36)39-19-10-25-47-48(39)43-22-9-21-41(50(43)58-47)40-20-11-24-46-49(40)42-18-6-7-23-45(42)57-46/h1-31H. The lowest BCUT2D eigenvalue weighted by Gasteiger charge is -2.11. The Kier molecular flexibility index (Phi) is 7.16. The van der Waals surface area contributed by atoms with E-state index < -0.39 is 0 Å². The van der Waals surface area contributed by atoms with E-state index in [2.05, 4.69) is 140 Å². The maximum absolute atomic E-state index is 6.78. The van der Waals surface area contributed by atoms with Gasteiger partial charge >= 0.3 is 0 Å². The lowest BCUT2D eigenvalue weighted by Crippen LogP contribution is -2.00. The van der Waals surface area contributed by atoms with E-state index in [1.165, 1.54) is 21.5 Å². The Morgan fingerprint density at radius 2 is 0.828 bits per heavy atom. The Balaban J connectivity index is 1.02. The Morgan fingerprint density at radius 1 is 0.293 bits per heavy atom. The Bertz CT molecular complexity index is 3580. The Morgan fingerprint density at radius 3 is 1.67 bits per heavy atom. The third-order valence-corrected chi connectivity index (χ3v) is 11.3. The zero-order chi connectivity index (χ0) is 38.2. The molecular formula is C53H31N3O2. The molecule has 0 aliphatic heterocycles. The first-order chi connectivity index (χ1) is 28.7. The van der Waals surface area contributed by atoms with Crippen LogP contribution in [-0.4, -0.2) is 15.0 Å². The second kappa shape index (κ2) is 12.8. The van der Waals surface area contributed by atoms with E-state index in [1.807, 2.05) is 48.5 Å². The van der Waals surface area contributed by atoms with Gasteiger partial charge in [0.2, 0.25) is 0 Å². The number of furan rings is 2. The van der Waals surface area contributed by atoms with Gasteiger partial charge in [0.1, 0.15) is 22.3 Å². The molecule has 5 heteroatoms. The fourth-order valence-electron chi connectivity index (χ4n) is 8.62. The van der Waals surface area contributed by atoms with Gasteiger partial charge in [0.25, 0.3) is 0 Å². The van der Waals surface area contributed by atoms with E-state index in [9.17, 15) is 0 Å². The molecule has 0 bridgehead atoms. The van der Waals surface area contributed by atoms with Crippen LogP contribution >= 0.6 is 0 Å². The molecule has 58 heavy (non-hydrogen) atoms. The van der Waals surface area contributed by atoms with Crippen molar-refractivity contribution in [3.8, 4) is 56.4 Å². The van der Waals surface area contributed by atoms with Gasteiger partial charge in [0.15, 0.2) is 17.5 Å². The molecule has 12 aromatic rings. The number of hydrogen-bond donors (Lipinski definition) is 0. The minimum absolute atomic E-state index is 0.607. The first-order valence-corrected chi connectivity index (χ1v) is 19.4. The van der Waals surface area contributed by atoms with Gasteiger partial charge in [-0.1, -0.05) is 158 Å². The highest BCUT2D eigenvalue weighted by Crippen LogP contribution is 2.44. The van der Waals surface area contributed by atoms with Crippen molar-refractivity contribution < 1.29 is 8.83 Å². The molecule has 0 saturated heterocycles. The van der Waals surface area contributed by atoms with Gasteiger partial charge in [-0.15, -0.1) is 0 Å². The number of nitrogens with zero attached hydrogens (tertiary/aromatic N) is 3. The molecule has 0 N–H and O–H groups in total. The zero-order valence-corrected chi connectivity index (χ0v) is 31.1. The fraction of sp³-hybridized carbons (Fsp3) is 0. The van der Waals surface area contributed by atoms with Crippen LogP contribution in [0.15, 0.2) is 197 Å². The molecule has 0 radical (unpaired) electrons. The van der Waals surface area contributed by atoms with Crippen LogP contribution in [0.4, 0.5) is 0 Å². The molecule has 0 saturated carbocycles. The summed E-state index contributed by atoms with van der Waals surface area (Å²) in [6, 6.07) is 65.1. The van der Waals surface area contributed by atoms with Crippen LogP contribution in [0.1, 0.15) is 0 Å². The average Bonchev–Trinajstić information content (AvgIpc) is 3.88. The predicted octanol–water partition coefficient (Wildman–Crippen LogP) is 14.3. The van der Waals surface area contributed by atoms with Gasteiger partial charge < -0.3 is 8.83 Å². The maximum Gasteiger partial charge on any atom is 0.164 e. The van der Waals surface area contributed by atoms with Crippen LogP contribution in [0.25, 0.3) is 122 Å². The number of fused-ring (bicyclic) bond motifs is 9. The zero-order valence-electron chi connectivity index (χ0n) is 31.1. The second-order valence-electron chi connectivity index (χ2n) is 14.7. The summed E-state index contributed by atoms with van der Waals surface area (Å²) < 4.78 is 13.0. The summed E-state index contributed by atoms with van der Waals surface area (Å²) in [4.78, 5) is 15.3. The molecule has 0 amide bonds. The van der Waals surface area contributed by atoms with Crippen molar-refractivity contribution >= 4 is 65.4 Å². The summed E-state index contributed by atoms with van der Waals surface area (Å²) in [7, 11) is 0. The molecule has 3 aromatic heterocycles. The lowest BCUT2D eigenvalue weighted by molar-refractivity contribution is 0.668. The quantitative estimate of drug-likeness (QED) is 0.164. The highest BCUT2D eigenvalue weighted by molar-refractivity contribution is 6.19. The number of rotatable bonds is 5. The third kappa shape index (κ3) is 5.14. The number of para-hydroxylation sites is 2. The monoisotopic (exact) mass is 741 g/mol. The van der Waals surface area contributed by atoms with Crippen molar-refractivity contribution in [1.29, 1.82) is 0 Å². The minimum Gasteiger partial charge on any atom is -0.456 e. The predicted molar refractivity (Wildman–Crippen MR) is 237 cm³/mol. The van der Waals surface area contributed by atoms with Crippen molar-refractivity contribution in [3.05, 3.63) is 188 Å². The molecule has 0 atom stereocenters. The average molecular weight is 742 g/mol. The highest BCUT2D eigenvalue weighted by atomic mass is 16.3. The largest absolute Gasteiger partial charge is 0.456 e. The second-order valence-corrected chi connectivity index (χ2v) is 14.7. The van der Waals surface area contributed by atoms with Crippen LogP contribution in [0.5, 0.6) is 0 Å². The van der Waals surface area contributed by atoms with Crippen molar-refractivity contribution in [2.75, 3.05) is 0 Å². The van der Waals surface area contributed by atoms with Gasteiger partial charge in [0, 0.05) is 43.8 Å². The smallest absolute Gasteiger partial charge is 0.164 e. The normalized spacial score (nSPS) is 11.8. The van der Waals surface area contributed by atoms with Crippen molar-refractivity contribution in [3.63, 3.8) is 0 Å². The first kappa shape index (κ1) is 32.4. The van der Waals surface area contributed by atoms with E-state index >= 15 is 0 Å². The van der Waals surface area contributed by atoms with Crippen LogP contribution in [-0.2, 0) is 0 Å². The number of aromatic nitrogens is 3. The molecule has 12 rings (SSSR count). The fourth-order valence-corrected chi connectivity index (χ4v) is 8.62. The van der Waals surface area contributed by atoms with E-state index in [-0.39, 0.29) is 0 Å². The Labute approximate surface area is 332 Å². The summed E-state index contributed by atoms with van der Waals surface area (Å²) in [5.41, 5.74) is 10.4. The molecule has 9 aromatic carbocycles. The van der Waals surface area contributed by atoms with Crippen LogP contribution in [0.3, 0.4) is 0 Å². The van der Waals surface area contributed by atoms with Gasteiger partial charge in [-0.05, 0) is 68.6 Å².